The molecule has 132 valence electrons. The van der Waals surface area contributed by atoms with Gasteiger partial charge in [0.05, 0.1) is 6.42 Å². The standard InChI is InChI=1S/C23H24N2O/c1-17-7-3-4-8-19(17)15-23(26)25-13-11-18(12-14-25)21-16-24(2)22-10-6-5-9-20(21)22/h3-11,16H,12-15H2,1-2H3. The van der Waals surface area contributed by atoms with Crippen LogP contribution in [0.4, 0.5) is 0 Å². The Morgan fingerprint density at radius 2 is 1.85 bits per heavy atom. The SMILES string of the molecule is Cc1ccccc1CC(=O)N1CC=C(c2cn(C)c3ccccc23)CC1. The van der Waals surface area contributed by atoms with E-state index in [9.17, 15) is 4.79 Å². The van der Waals surface area contributed by atoms with Crippen molar-refractivity contribution in [2.75, 3.05) is 13.1 Å². The van der Waals surface area contributed by atoms with Crippen LogP contribution >= 0.6 is 0 Å². The number of aromatic nitrogens is 1. The summed E-state index contributed by atoms with van der Waals surface area (Å²) < 4.78 is 2.18. The van der Waals surface area contributed by atoms with E-state index < -0.39 is 0 Å². The van der Waals surface area contributed by atoms with Gasteiger partial charge in [0.25, 0.3) is 0 Å². The van der Waals surface area contributed by atoms with E-state index in [2.05, 4.69) is 67.2 Å². The first-order chi connectivity index (χ1) is 12.6. The normalized spacial score (nSPS) is 14.5. The summed E-state index contributed by atoms with van der Waals surface area (Å²) in [5.41, 5.74) is 6.21. The number of nitrogens with zero attached hydrogens (tertiary/aromatic N) is 2. The number of aryl methyl sites for hydroxylation is 2. The van der Waals surface area contributed by atoms with Gasteiger partial charge < -0.3 is 9.47 Å². The van der Waals surface area contributed by atoms with Crippen molar-refractivity contribution in [3.05, 3.63) is 77.5 Å². The molecule has 2 aromatic carbocycles. The molecule has 1 aliphatic heterocycles. The molecule has 0 atom stereocenters. The molecule has 0 unspecified atom stereocenters. The predicted octanol–water partition coefficient (Wildman–Crippen LogP) is 4.35. The summed E-state index contributed by atoms with van der Waals surface area (Å²) in [6.45, 7) is 3.56. The van der Waals surface area contributed by atoms with E-state index in [0.717, 1.165) is 18.5 Å². The second-order valence-corrected chi connectivity index (χ2v) is 7.09. The maximum absolute atomic E-state index is 12.7. The van der Waals surface area contributed by atoms with E-state index in [1.54, 1.807) is 0 Å². The van der Waals surface area contributed by atoms with E-state index in [0.29, 0.717) is 13.0 Å². The predicted molar refractivity (Wildman–Crippen MR) is 107 cm³/mol. The minimum Gasteiger partial charge on any atom is -0.350 e. The summed E-state index contributed by atoms with van der Waals surface area (Å²) >= 11 is 0. The minimum atomic E-state index is 0.215. The molecular formula is C23H24N2O. The Hall–Kier alpha value is -2.81. The lowest BCUT2D eigenvalue weighted by Crippen LogP contribution is -2.35. The average Bonchev–Trinajstić information content (AvgIpc) is 3.01. The zero-order valence-electron chi connectivity index (χ0n) is 15.4. The van der Waals surface area contributed by atoms with Gasteiger partial charge in [0.1, 0.15) is 0 Å². The Bertz CT molecular complexity index is 996. The molecule has 0 spiro atoms. The lowest BCUT2D eigenvalue weighted by Gasteiger charge is -2.27. The molecule has 3 nitrogen and oxygen atoms in total. The van der Waals surface area contributed by atoms with Crippen LogP contribution in [0.2, 0.25) is 0 Å². The van der Waals surface area contributed by atoms with Crippen molar-refractivity contribution in [3.63, 3.8) is 0 Å². The first-order valence-electron chi connectivity index (χ1n) is 9.19. The van der Waals surface area contributed by atoms with Gasteiger partial charge in [-0.25, -0.2) is 0 Å². The Labute approximate surface area is 154 Å². The highest BCUT2D eigenvalue weighted by Crippen LogP contribution is 2.30. The Morgan fingerprint density at radius 1 is 1.08 bits per heavy atom. The molecule has 1 amide bonds. The van der Waals surface area contributed by atoms with Gasteiger partial charge in [0.15, 0.2) is 0 Å². The van der Waals surface area contributed by atoms with E-state index in [-0.39, 0.29) is 5.91 Å². The number of hydrogen-bond acceptors (Lipinski definition) is 1. The van der Waals surface area contributed by atoms with Crippen LogP contribution in [-0.4, -0.2) is 28.5 Å². The maximum Gasteiger partial charge on any atom is 0.227 e. The zero-order chi connectivity index (χ0) is 18.1. The van der Waals surface area contributed by atoms with Crippen molar-refractivity contribution in [3.8, 4) is 0 Å². The van der Waals surface area contributed by atoms with Gasteiger partial charge in [-0.3, -0.25) is 4.79 Å². The third-order valence-corrected chi connectivity index (χ3v) is 5.41. The molecular weight excluding hydrogens is 320 g/mol. The number of benzene rings is 2. The van der Waals surface area contributed by atoms with Gasteiger partial charge in [0, 0.05) is 42.8 Å². The van der Waals surface area contributed by atoms with Gasteiger partial charge in [-0.15, -0.1) is 0 Å². The van der Waals surface area contributed by atoms with Gasteiger partial charge in [0.2, 0.25) is 5.91 Å². The highest BCUT2D eigenvalue weighted by Gasteiger charge is 2.20. The van der Waals surface area contributed by atoms with Gasteiger partial charge in [-0.2, -0.15) is 0 Å². The second-order valence-electron chi connectivity index (χ2n) is 7.09. The third kappa shape index (κ3) is 3.05. The van der Waals surface area contributed by atoms with Crippen molar-refractivity contribution in [1.82, 2.24) is 9.47 Å². The zero-order valence-corrected chi connectivity index (χ0v) is 15.4. The molecule has 0 aliphatic carbocycles. The number of hydrogen-bond donors (Lipinski definition) is 0. The number of carbonyl (C=O) groups is 1. The molecule has 1 aromatic heterocycles. The van der Waals surface area contributed by atoms with Crippen molar-refractivity contribution in [2.24, 2.45) is 7.05 Å². The molecule has 1 aliphatic rings. The average molecular weight is 344 g/mol. The number of fused-ring (bicyclic) bond motifs is 1. The fourth-order valence-electron chi connectivity index (χ4n) is 3.82. The minimum absolute atomic E-state index is 0.215. The van der Waals surface area contributed by atoms with E-state index in [4.69, 9.17) is 0 Å². The molecule has 0 bridgehead atoms. The Balaban J connectivity index is 1.51. The first-order valence-corrected chi connectivity index (χ1v) is 9.19. The Morgan fingerprint density at radius 3 is 2.62 bits per heavy atom. The van der Waals surface area contributed by atoms with E-state index in [1.807, 2.05) is 17.0 Å². The van der Waals surface area contributed by atoms with Crippen LogP contribution in [0.15, 0.2) is 60.8 Å². The largest absolute Gasteiger partial charge is 0.350 e. The fourth-order valence-corrected chi connectivity index (χ4v) is 3.82. The number of amides is 1. The number of para-hydroxylation sites is 1. The van der Waals surface area contributed by atoms with Crippen LogP contribution in [0.5, 0.6) is 0 Å². The van der Waals surface area contributed by atoms with Crippen LogP contribution in [-0.2, 0) is 18.3 Å². The molecule has 0 radical (unpaired) electrons. The summed E-state index contributed by atoms with van der Waals surface area (Å²) in [5.74, 6) is 0.215. The highest BCUT2D eigenvalue weighted by molar-refractivity contribution is 5.93. The monoisotopic (exact) mass is 344 g/mol. The molecule has 0 fully saturated rings. The van der Waals surface area contributed by atoms with E-state index in [1.165, 1.54) is 27.6 Å². The molecule has 0 N–H and O–H groups in total. The summed E-state index contributed by atoms with van der Waals surface area (Å²) in [6, 6.07) is 16.6. The second kappa shape index (κ2) is 6.83. The van der Waals surface area contributed by atoms with Crippen LogP contribution in [0.3, 0.4) is 0 Å². The van der Waals surface area contributed by atoms with Gasteiger partial charge in [-0.1, -0.05) is 48.5 Å². The van der Waals surface area contributed by atoms with Crippen LogP contribution in [0.25, 0.3) is 16.5 Å². The lowest BCUT2D eigenvalue weighted by atomic mass is 9.98. The quantitative estimate of drug-likeness (QED) is 0.694. The van der Waals surface area contributed by atoms with Crippen molar-refractivity contribution in [1.29, 1.82) is 0 Å². The van der Waals surface area contributed by atoms with Crippen LogP contribution in [0, 0.1) is 6.92 Å². The number of rotatable bonds is 3. The summed E-state index contributed by atoms with van der Waals surface area (Å²) in [5, 5.41) is 1.29. The molecule has 3 aromatic rings. The van der Waals surface area contributed by atoms with E-state index >= 15 is 0 Å². The highest BCUT2D eigenvalue weighted by atomic mass is 16.2. The topological polar surface area (TPSA) is 25.2 Å². The number of carbonyl (C=O) groups excluding carboxylic acids is 1. The molecule has 26 heavy (non-hydrogen) atoms. The molecule has 3 heteroatoms. The maximum atomic E-state index is 12.7. The van der Waals surface area contributed by atoms with Crippen molar-refractivity contribution in [2.45, 2.75) is 19.8 Å². The van der Waals surface area contributed by atoms with Gasteiger partial charge >= 0.3 is 0 Å². The summed E-state index contributed by atoms with van der Waals surface area (Å²) in [7, 11) is 2.09. The molecule has 0 saturated carbocycles. The van der Waals surface area contributed by atoms with Crippen LogP contribution < -0.4 is 0 Å². The van der Waals surface area contributed by atoms with Crippen LogP contribution in [0.1, 0.15) is 23.1 Å². The summed E-state index contributed by atoms with van der Waals surface area (Å²) in [4.78, 5) is 14.6. The first kappa shape index (κ1) is 16.6. The third-order valence-electron chi connectivity index (χ3n) is 5.41. The van der Waals surface area contributed by atoms with Gasteiger partial charge in [-0.05, 0) is 36.1 Å². The smallest absolute Gasteiger partial charge is 0.227 e. The van der Waals surface area contributed by atoms with Crippen molar-refractivity contribution >= 4 is 22.4 Å². The summed E-state index contributed by atoms with van der Waals surface area (Å²) in [6.07, 6.45) is 5.83. The fraction of sp³-hybridized carbons (Fsp3) is 0.261. The molecule has 2 heterocycles. The Kier molecular flexibility index (Phi) is 4.37. The lowest BCUT2D eigenvalue weighted by molar-refractivity contribution is -0.130. The molecule has 4 rings (SSSR count). The molecule has 0 saturated heterocycles. The van der Waals surface area contributed by atoms with Crippen molar-refractivity contribution < 1.29 is 4.79 Å².